The van der Waals surface area contributed by atoms with E-state index in [1.807, 2.05) is 18.2 Å². The highest BCUT2D eigenvalue weighted by molar-refractivity contribution is 6.37. The summed E-state index contributed by atoms with van der Waals surface area (Å²) in [5.41, 5.74) is 6.78. The Labute approximate surface area is 180 Å². The Hall–Kier alpha value is -3.68. The lowest BCUT2D eigenvalue weighted by molar-refractivity contribution is -0.140. The van der Waals surface area contributed by atoms with E-state index in [2.05, 4.69) is 5.32 Å². The van der Waals surface area contributed by atoms with Crippen molar-refractivity contribution in [2.75, 3.05) is 7.11 Å². The third-order valence-electron chi connectivity index (χ3n) is 5.28. The molecule has 3 amide bonds. The summed E-state index contributed by atoms with van der Waals surface area (Å²) in [6.07, 6.45) is 0.692. The van der Waals surface area contributed by atoms with Crippen LogP contribution in [0.15, 0.2) is 54.6 Å². The lowest BCUT2D eigenvalue weighted by atomic mass is 10.0. The topological polar surface area (TPSA) is 119 Å². The van der Waals surface area contributed by atoms with Crippen LogP contribution < -0.4 is 15.8 Å². The second kappa shape index (κ2) is 9.88. The minimum absolute atomic E-state index is 0.130. The van der Waals surface area contributed by atoms with E-state index in [-0.39, 0.29) is 25.3 Å². The fourth-order valence-electron chi connectivity index (χ4n) is 3.67. The third-order valence-corrected chi connectivity index (χ3v) is 5.28. The summed E-state index contributed by atoms with van der Waals surface area (Å²) >= 11 is 0. The number of rotatable bonds is 9. The van der Waals surface area contributed by atoms with Crippen molar-refractivity contribution in [2.24, 2.45) is 5.73 Å². The number of nitrogens with one attached hydrogen (secondary N) is 1. The summed E-state index contributed by atoms with van der Waals surface area (Å²) in [6, 6.07) is 14.4. The molecule has 0 aromatic heterocycles. The first kappa shape index (κ1) is 22.0. The number of nitrogens with two attached hydrogens (primary N) is 1. The molecule has 8 nitrogen and oxygen atoms in total. The SMILES string of the molecule is COc1cccc(CN2C(=O)CC[C@@H]2C(=O)NC(Cc2ccccc2)C(=O)C(N)=O)c1. The molecule has 8 heteroatoms. The highest BCUT2D eigenvalue weighted by Crippen LogP contribution is 2.23. The summed E-state index contributed by atoms with van der Waals surface area (Å²) in [5.74, 6) is -1.97. The van der Waals surface area contributed by atoms with Gasteiger partial charge in [0.2, 0.25) is 17.6 Å². The van der Waals surface area contributed by atoms with Crippen molar-refractivity contribution in [1.82, 2.24) is 10.2 Å². The third kappa shape index (κ3) is 5.48. The van der Waals surface area contributed by atoms with E-state index < -0.39 is 29.7 Å². The van der Waals surface area contributed by atoms with Crippen LogP contribution in [-0.2, 0) is 32.1 Å². The zero-order valence-corrected chi connectivity index (χ0v) is 17.2. The van der Waals surface area contributed by atoms with E-state index in [4.69, 9.17) is 10.5 Å². The molecule has 2 aromatic carbocycles. The molecule has 162 valence electrons. The van der Waals surface area contributed by atoms with Crippen molar-refractivity contribution in [3.63, 3.8) is 0 Å². The van der Waals surface area contributed by atoms with Crippen molar-refractivity contribution in [3.8, 4) is 5.75 Å². The van der Waals surface area contributed by atoms with Gasteiger partial charge in [0.1, 0.15) is 17.8 Å². The van der Waals surface area contributed by atoms with Gasteiger partial charge in [-0.15, -0.1) is 0 Å². The molecule has 1 heterocycles. The van der Waals surface area contributed by atoms with Crippen LogP contribution in [0.4, 0.5) is 0 Å². The first-order chi connectivity index (χ1) is 14.9. The number of hydrogen-bond acceptors (Lipinski definition) is 5. The van der Waals surface area contributed by atoms with Crippen molar-refractivity contribution in [2.45, 2.75) is 37.9 Å². The second-order valence-electron chi connectivity index (χ2n) is 7.41. The van der Waals surface area contributed by atoms with Crippen LogP contribution in [0.25, 0.3) is 0 Å². The monoisotopic (exact) mass is 423 g/mol. The number of hydrogen-bond donors (Lipinski definition) is 2. The molecule has 31 heavy (non-hydrogen) atoms. The Balaban J connectivity index is 1.75. The molecule has 1 aliphatic rings. The van der Waals surface area contributed by atoms with E-state index in [1.54, 1.807) is 43.5 Å². The van der Waals surface area contributed by atoms with E-state index in [1.165, 1.54) is 4.90 Å². The van der Waals surface area contributed by atoms with Crippen LogP contribution in [0.1, 0.15) is 24.0 Å². The van der Waals surface area contributed by atoms with Gasteiger partial charge in [0.15, 0.2) is 0 Å². The van der Waals surface area contributed by atoms with Crippen LogP contribution >= 0.6 is 0 Å². The highest BCUT2D eigenvalue weighted by Gasteiger charge is 2.38. The van der Waals surface area contributed by atoms with Crippen LogP contribution in [0.2, 0.25) is 0 Å². The van der Waals surface area contributed by atoms with Gasteiger partial charge in [-0.2, -0.15) is 0 Å². The predicted octanol–water partition coefficient (Wildman–Crippen LogP) is 0.968. The number of nitrogens with zero attached hydrogens (tertiary/aromatic N) is 1. The van der Waals surface area contributed by atoms with E-state index >= 15 is 0 Å². The molecule has 1 aliphatic heterocycles. The van der Waals surface area contributed by atoms with E-state index in [0.29, 0.717) is 12.2 Å². The van der Waals surface area contributed by atoms with Gasteiger partial charge in [0.25, 0.3) is 5.91 Å². The van der Waals surface area contributed by atoms with E-state index in [0.717, 1.165) is 11.1 Å². The number of methoxy groups -OCH3 is 1. The van der Waals surface area contributed by atoms with Crippen LogP contribution in [0.3, 0.4) is 0 Å². The Morgan fingerprint density at radius 2 is 1.84 bits per heavy atom. The number of Topliss-reactive ketones (excluding diaryl/α,β-unsaturated/α-hetero) is 1. The fourth-order valence-corrected chi connectivity index (χ4v) is 3.67. The van der Waals surface area contributed by atoms with Crippen molar-refractivity contribution in [1.29, 1.82) is 0 Å². The number of ketones is 1. The first-order valence-electron chi connectivity index (χ1n) is 9.99. The molecule has 0 saturated carbocycles. The zero-order chi connectivity index (χ0) is 22.4. The molecule has 0 bridgehead atoms. The number of primary amides is 1. The standard InChI is InChI=1S/C23H25N3O5/c1-31-17-9-5-8-16(12-17)14-26-19(10-11-20(26)27)23(30)25-18(21(28)22(24)29)13-15-6-3-2-4-7-15/h2-9,12,18-19H,10-11,13-14H2,1H3,(H2,24,29)(H,25,30)/t18?,19-/m1/s1. The van der Waals surface area contributed by atoms with Gasteiger partial charge >= 0.3 is 0 Å². The Morgan fingerprint density at radius 1 is 1.13 bits per heavy atom. The molecule has 0 aliphatic carbocycles. The van der Waals surface area contributed by atoms with Gasteiger partial charge in [-0.25, -0.2) is 0 Å². The molecular weight excluding hydrogens is 398 g/mol. The number of benzene rings is 2. The minimum atomic E-state index is -1.11. The summed E-state index contributed by atoms with van der Waals surface area (Å²) in [7, 11) is 1.55. The molecule has 3 N–H and O–H groups in total. The maximum Gasteiger partial charge on any atom is 0.287 e. The van der Waals surface area contributed by atoms with Crippen molar-refractivity contribution < 1.29 is 23.9 Å². The summed E-state index contributed by atoms with van der Waals surface area (Å²) in [4.78, 5) is 50.8. The molecule has 2 atom stereocenters. The molecule has 1 unspecified atom stereocenters. The van der Waals surface area contributed by atoms with Crippen LogP contribution in [-0.4, -0.2) is 47.6 Å². The van der Waals surface area contributed by atoms with Gasteiger partial charge in [0, 0.05) is 19.4 Å². The maximum absolute atomic E-state index is 13.0. The maximum atomic E-state index is 13.0. The lowest BCUT2D eigenvalue weighted by Gasteiger charge is -2.26. The van der Waals surface area contributed by atoms with Crippen LogP contribution in [0, 0.1) is 0 Å². The predicted molar refractivity (Wildman–Crippen MR) is 113 cm³/mol. The van der Waals surface area contributed by atoms with Gasteiger partial charge in [0.05, 0.1) is 7.11 Å². The van der Waals surface area contributed by atoms with Gasteiger partial charge in [-0.1, -0.05) is 42.5 Å². The van der Waals surface area contributed by atoms with Crippen molar-refractivity contribution >= 4 is 23.5 Å². The van der Waals surface area contributed by atoms with Gasteiger partial charge in [-0.3, -0.25) is 19.2 Å². The van der Waals surface area contributed by atoms with Gasteiger partial charge in [-0.05, 0) is 29.7 Å². The summed E-state index contributed by atoms with van der Waals surface area (Å²) in [5, 5.41) is 2.64. The average Bonchev–Trinajstić information content (AvgIpc) is 3.13. The molecule has 0 radical (unpaired) electrons. The number of carbonyl (C=O) groups is 4. The fraction of sp³-hybridized carbons (Fsp3) is 0.304. The zero-order valence-electron chi connectivity index (χ0n) is 17.2. The summed E-state index contributed by atoms with van der Waals surface area (Å²) in [6.45, 7) is 0.237. The number of likely N-dealkylation sites (tertiary alicyclic amines) is 1. The largest absolute Gasteiger partial charge is 0.497 e. The summed E-state index contributed by atoms with van der Waals surface area (Å²) < 4.78 is 5.21. The average molecular weight is 423 g/mol. The van der Waals surface area contributed by atoms with Gasteiger partial charge < -0.3 is 20.7 Å². The smallest absolute Gasteiger partial charge is 0.287 e. The first-order valence-corrected chi connectivity index (χ1v) is 9.99. The molecule has 1 fully saturated rings. The minimum Gasteiger partial charge on any atom is -0.497 e. The van der Waals surface area contributed by atoms with Crippen LogP contribution in [0.5, 0.6) is 5.75 Å². The Morgan fingerprint density at radius 3 is 2.52 bits per heavy atom. The molecule has 0 spiro atoms. The number of carbonyl (C=O) groups excluding carboxylic acids is 4. The Bertz CT molecular complexity index is 976. The molecule has 1 saturated heterocycles. The molecular formula is C23H25N3O5. The highest BCUT2D eigenvalue weighted by atomic mass is 16.5. The van der Waals surface area contributed by atoms with Crippen molar-refractivity contribution in [3.05, 3.63) is 65.7 Å². The molecule has 2 aromatic rings. The molecule has 3 rings (SSSR count). The normalized spacial score (nSPS) is 16.6. The Kier molecular flexibility index (Phi) is 7.02. The lowest BCUT2D eigenvalue weighted by Crippen LogP contribution is -2.53. The quantitative estimate of drug-likeness (QED) is 0.583. The second-order valence-corrected chi connectivity index (χ2v) is 7.41. The van der Waals surface area contributed by atoms with E-state index in [9.17, 15) is 19.2 Å². The number of ether oxygens (including phenoxy) is 1. The number of amides is 3.